The second-order valence-corrected chi connectivity index (χ2v) is 9.05. The number of nitrogens with one attached hydrogen (secondary N) is 2. The van der Waals surface area contributed by atoms with Gasteiger partial charge in [-0.3, -0.25) is 9.88 Å². The number of piperidine rings is 1. The number of ether oxygens (including phenoxy) is 1. The van der Waals surface area contributed by atoms with Crippen molar-refractivity contribution >= 4 is 21.8 Å². The van der Waals surface area contributed by atoms with E-state index < -0.39 is 17.4 Å². The number of rotatable bonds is 6. The molecule has 4 aromatic rings. The molecule has 5 rings (SSSR count). The number of methoxy groups -OCH3 is 1. The summed E-state index contributed by atoms with van der Waals surface area (Å²) in [4.78, 5) is 9.60. The number of hydrogen-bond acceptors (Lipinski definition) is 5. The third kappa shape index (κ3) is 4.24. The number of aromatic amines is 1. The second-order valence-electron chi connectivity index (χ2n) is 9.05. The molecular weight excluding hydrogens is 438 g/mol. The molecule has 1 unspecified atom stereocenters. The molecule has 2 aromatic carbocycles. The smallest absolute Gasteiger partial charge is 0.142 e. The first-order valence-electron chi connectivity index (χ1n) is 11.5. The Hall–Kier alpha value is -3.07. The summed E-state index contributed by atoms with van der Waals surface area (Å²) in [6.45, 7) is 3.79. The standard InChI is InChI=1S/C26H28F2N4O2/c1-26(33,22-5-8-29-24-4-3-19(34-2)14-20(22)24)32-9-6-17(7-10-32)30-15-18-13-21-23(28)11-16(27)12-25(21)31-18/h3-5,8,11-14,17,30-31,33H,6-7,9-10,15H2,1-2H3. The van der Waals surface area contributed by atoms with Crippen molar-refractivity contribution in [2.24, 2.45) is 0 Å². The normalized spacial score (nSPS) is 17.3. The first-order chi connectivity index (χ1) is 16.3. The molecule has 0 saturated carbocycles. The SMILES string of the molecule is COc1ccc2nccc(C(C)(O)N3CCC(NCc4cc5c(F)cc(F)cc5[nH]4)CC3)c2c1. The van der Waals surface area contributed by atoms with Crippen molar-refractivity contribution in [2.75, 3.05) is 20.2 Å². The van der Waals surface area contributed by atoms with E-state index in [2.05, 4.69) is 20.2 Å². The maximum absolute atomic E-state index is 14.0. The Morgan fingerprint density at radius 1 is 1.15 bits per heavy atom. The lowest BCUT2D eigenvalue weighted by atomic mass is 9.95. The van der Waals surface area contributed by atoms with Gasteiger partial charge in [0.15, 0.2) is 0 Å². The molecule has 178 valence electrons. The molecule has 0 radical (unpaired) electrons. The number of halogens is 2. The molecule has 1 fully saturated rings. The van der Waals surface area contributed by atoms with Gasteiger partial charge in [0, 0.05) is 60.0 Å². The Balaban J connectivity index is 1.25. The average molecular weight is 467 g/mol. The number of hydrogen-bond donors (Lipinski definition) is 3. The summed E-state index contributed by atoms with van der Waals surface area (Å²) < 4.78 is 32.8. The van der Waals surface area contributed by atoms with Crippen molar-refractivity contribution in [1.82, 2.24) is 20.2 Å². The molecule has 2 aromatic heterocycles. The average Bonchev–Trinajstić information content (AvgIpc) is 3.25. The summed E-state index contributed by atoms with van der Waals surface area (Å²) in [5.41, 5.74) is 1.73. The number of aromatic nitrogens is 2. The van der Waals surface area contributed by atoms with Crippen molar-refractivity contribution in [3.63, 3.8) is 0 Å². The number of likely N-dealkylation sites (tertiary alicyclic amines) is 1. The first-order valence-corrected chi connectivity index (χ1v) is 11.5. The Kier molecular flexibility index (Phi) is 5.97. The van der Waals surface area contributed by atoms with E-state index >= 15 is 0 Å². The second kappa shape index (κ2) is 8.94. The molecule has 0 amide bonds. The molecule has 0 spiro atoms. The van der Waals surface area contributed by atoms with E-state index in [9.17, 15) is 13.9 Å². The number of fused-ring (bicyclic) bond motifs is 2. The van der Waals surface area contributed by atoms with Gasteiger partial charge in [0.2, 0.25) is 0 Å². The fourth-order valence-electron chi connectivity index (χ4n) is 4.92. The largest absolute Gasteiger partial charge is 0.497 e. The third-order valence-electron chi connectivity index (χ3n) is 6.86. The van der Waals surface area contributed by atoms with Gasteiger partial charge in [0.1, 0.15) is 23.1 Å². The summed E-state index contributed by atoms with van der Waals surface area (Å²) in [6, 6.07) is 11.7. The molecular formula is C26H28F2N4O2. The van der Waals surface area contributed by atoms with Crippen LogP contribution in [0.15, 0.2) is 48.7 Å². The van der Waals surface area contributed by atoms with Gasteiger partial charge < -0.3 is 20.1 Å². The molecule has 6 nitrogen and oxygen atoms in total. The van der Waals surface area contributed by atoms with Gasteiger partial charge in [0.05, 0.1) is 18.1 Å². The van der Waals surface area contributed by atoms with Crippen molar-refractivity contribution < 1.29 is 18.6 Å². The van der Waals surface area contributed by atoms with Crippen LogP contribution in [-0.4, -0.2) is 46.2 Å². The maximum Gasteiger partial charge on any atom is 0.142 e. The number of benzene rings is 2. The van der Waals surface area contributed by atoms with Gasteiger partial charge in [-0.15, -0.1) is 0 Å². The molecule has 0 aliphatic carbocycles. The fraction of sp³-hybridized carbons (Fsp3) is 0.346. The van der Waals surface area contributed by atoms with Crippen LogP contribution in [0, 0.1) is 11.6 Å². The van der Waals surface area contributed by atoms with Crippen LogP contribution in [0.25, 0.3) is 21.8 Å². The van der Waals surface area contributed by atoms with E-state index in [-0.39, 0.29) is 6.04 Å². The molecule has 1 aliphatic heterocycles. The van der Waals surface area contributed by atoms with Gasteiger partial charge in [-0.25, -0.2) is 8.78 Å². The highest BCUT2D eigenvalue weighted by molar-refractivity contribution is 5.84. The van der Waals surface area contributed by atoms with Crippen LogP contribution in [0.4, 0.5) is 8.78 Å². The third-order valence-corrected chi connectivity index (χ3v) is 6.86. The lowest BCUT2D eigenvalue weighted by Crippen LogP contribution is -2.51. The van der Waals surface area contributed by atoms with Gasteiger partial charge in [-0.1, -0.05) is 0 Å². The molecule has 8 heteroatoms. The predicted molar refractivity (Wildman–Crippen MR) is 128 cm³/mol. The van der Waals surface area contributed by atoms with E-state index in [1.807, 2.05) is 31.2 Å². The van der Waals surface area contributed by atoms with Crippen molar-refractivity contribution in [1.29, 1.82) is 0 Å². The van der Waals surface area contributed by atoms with E-state index in [1.165, 1.54) is 6.07 Å². The summed E-state index contributed by atoms with van der Waals surface area (Å²) in [5, 5.41) is 16.3. The van der Waals surface area contributed by atoms with Crippen LogP contribution in [0.3, 0.4) is 0 Å². The molecule has 1 aliphatic rings. The molecule has 34 heavy (non-hydrogen) atoms. The van der Waals surface area contributed by atoms with Crippen molar-refractivity contribution in [2.45, 2.75) is 38.1 Å². The maximum atomic E-state index is 14.0. The minimum absolute atomic E-state index is 0.259. The summed E-state index contributed by atoms with van der Waals surface area (Å²) in [5.74, 6) is -0.430. The highest BCUT2D eigenvalue weighted by Gasteiger charge is 2.35. The molecule has 0 bridgehead atoms. The van der Waals surface area contributed by atoms with Crippen LogP contribution < -0.4 is 10.1 Å². The molecule has 3 heterocycles. The van der Waals surface area contributed by atoms with Crippen LogP contribution in [-0.2, 0) is 12.3 Å². The lowest BCUT2D eigenvalue weighted by molar-refractivity contribution is -0.110. The van der Waals surface area contributed by atoms with E-state index in [0.717, 1.165) is 46.8 Å². The van der Waals surface area contributed by atoms with Crippen LogP contribution in [0.5, 0.6) is 5.75 Å². The number of H-pyrrole nitrogens is 1. The topological polar surface area (TPSA) is 73.4 Å². The Morgan fingerprint density at radius 2 is 1.94 bits per heavy atom. The van der Waals surface area contributed by atoms with Crippen molar-refractivity contribution in [3.05, 3.63) is 71.6 Å². The van der Waals surface area contributed by atoms with E-state index in [4.69, 9.17) is 4.74 Å². The van der Waals surface area contributed by atoms with Crippen LogP contribution in [0.1, 0.15) is 31.0 Å². The van der Waals surface area contributed by atoms with Crippen molar-refractivity contribution in [3.8, 4) is 5.75 Å². The van der Waals surface area contributed by atoms with E-state index in [1.54, 1.807) is 19.4 Å². The zero-order valence-electron chi connectivity index (χ0n) is 19.2. The summed E-state index contributed by atoms with van der Waals surface area (Å²) in [7, 11) is 1.62. The minimum atomic E-state index is -1.16. The molecule has 1 atom stereocenters. The van der Waals surface area contributed by atoms with Gasteiger partial charge in [0.25, 0.3) is 0 Å². The predicted octanol–water partition coefficient (Wildman–Crippen LogP) is 4.42. The lowest BCUT2D eigenvalue weighted by Gasteiger charge is -2.42. The zero-order chi connectivity index (χ0) is 23.9. The summed E-state index contributed by atoms with van der Waals surface area (Å²) in [6.07, 6.45) is 3.43. The van der Waals surface area contributed by atoms with Crippen LogP contribution in [0.2, 0.25) is 0 Å². The number of aliphatic hydroxyl groups is 1. The molecule has 3 N–H and O–H groups in total. The Labute approximate surface area is 196 Å². The number of nitrogens with zero attached hydrogens (tertiary/aromatic N) is 2. The quantitative estimate of drug-likeness (QED) is 0.392. The zero-order valence-corrected chi connectivity index (χ0v) is 19.2. The minimum Gasteiger partial charge on any atom is -0.497 e. The van der Waals surface area contributed by atoms with Gasteiger partial charge in [-0.2, -0.15) is 0 Å². The molecule has 1 saturated heterocycles. The van der Waals surface area contributed by atoms with Gasteiger partial charge >= 0.3 is 0 Å². The van der Waals surface area contributed by atoms with Crippen LogP contribution >= 0.6 is 0 Å². The first kappa shape index (κ1) is 22.7. The Morgan fingerprint density at radius 3 is 2.71 bits per heavy atom. The monoisotopic (exact) mass is 466 g/mol. The summed E-state index contributed by atoms with van der Waals surface area (Å²) >= 11 is 0. The van der Waals surface area contributed by atoms with Gasteiger partial charge in [-0.05, 0) is 56.2 Å². The highest BCUT2D eigenvalue weighted by Crippen LogP contribution is 2.34. The highest BCUT2D eigenvalue weighted by atomic mass is 19.1. The number of pyridine rings is 1. The fourth-order valence-corrected chi connectivity index (χ4v) is 4.92. The van der Waals surface area contributed by atoms with E-state index in [0.29, 0.717) is 30.5 Å². The Bertz CT molecular complexity index is 1330.